The fraction of sp³-hybridized carbons (Fsp3) is 0.833. The van der Waals surface area contributed by atoms with Crippen LogP contribution in [0.3, 0.4) is 0 Å². The van der Waals surface area contributed by atoms with Crippen LogP contribution in [0, 0.1) is 0 Å². The lowest BCUT2D eigenvalue weighted by molar-refractivity contribution is -0.137. The molecule has 104 valence electrons. The van der Waals surface area contributed by atoms with Gasteiger partial charge in [0.15, 0.2) is 0 Å². The van der Waals surface area contributed by atoms with Crippen molar-refractivity contribution in [1.29, 1.82) is 0 Å². The van der Waals surface area contributed by atoms with Crippen LogP contribution in [-0.2, 0) is 4.79 Å². The van der Waals surface area contributed by atoms with E-state index in [0.29, 0.717) is 25.7 Å². The topological polar surface area (TPSA) is 64.1 Å². The summed E-state index contributed by atoms with van der Waals surface area (Å²) in [7, 11) is 2.04. The minimum absolute atomic E-state index is 0.154. The normalized spacial score (nSPS) is 20.8. The van der Waals surface area contributed by atoms with Crippen molar-refractivity contribution in [3.63, 3.8) is 0 Å². The van der Waals surface area contributed by atoms with Crippen LogP contribution in [0.1, 0.15) is 20.3 Å². The van der Waals surface area contributed by atoms with E-state index < -0.39 is 5.97 Å². The molecule has 2 amide bonds. The molecule has 0 saturated carbocycles. The van der Waals surface area contributed by atoms with E-state index in [-0.39, 0.29) is 12.6 Å². The molecule has 1 aliphatic rings. The quantitative estimate of drug-likeness (QED) is 0.798. The highest BCUT2D eigenvalue weighted by molar-refractivity contribution is 5.80. The Hall–Kier alpha value is -1.30. The summed E-state index contributed by atoms with van der Waals surface area (Å²) < 4.78 is 0. The Bertz CT molecular complexity index is 309. The van der Waals surface area contributed by atoms with E-state index in [1.807, 2.05) is 14.0 Å². The fourth-order valence-electron chi connectivity index (χ4n) is 2.10. The van der Waals surface area contributed by atoms with Crippen LogP contribution in [0.4, 0.5) is 4.79 Å². The molecule has 1 saturated heterocycles. The zero-order valence-corrected chi connectivity index (χ0v) is 11.4. The molecule has 1 N–H and O–H groups in total. The van der Waals surface area contributed by atoms with Crippen molar-refractivity contribution < 1.29 is 14.7 Å². The summed E-state index contributed by atoms with van der Waals surface area (Å²) >= 11 is 0. The molecule has 0 aromatic heterocycles. The van der Waals surface area contributed by atoms with Gasteiger partial charge in [-0.05, 0) is 20.4 Å². The number of urea groups is 1. The van der Waals surface area contributed by atoms with Gasteiger partial charge in [-0.3, -0.25) is 4.79 Å². The molecule has 6 heteroatoms. The predicted octanol–water partition coefficient (Wildman–Crippen LogP) is 0.539. The first-order valence-electron chi connectivity index (χ1n) is 6.41. The van der Waals surface area contributed by atoms with Crippen molar-refractivity contribution in [1.82, 2.24) is 14.7 Å². The minimum atomic E-state index is -0.959. The van der Waals surface area contributed by atoms with Crippen molar-refractivity contribution in [3.8, 4) is 0 Å². The number of hydrogen-bond acceptors (Lipinski definition) is 3. The van der Waals surface area contributed by atoms with E-state index >= 15 is 0 Å². The number of nitrogens with zero attached hydrogens (tertiary/aromatic N) is 3. The summed E-state index contributed by atoms with van der Waals surface area (Å²) in [4.78, 5) is 28.4. The Labute approximate surface area is 108 Å². The second kappa shape index (κ2) is 6.58. The first-order valence-corrected chi connectivity index (χ1v) is 6.41. The smallest absolute Gasteiger partial charge is 0.323 e. The van der Waals surface area contributed by atoms with Gasteiger partial charge in [0.05, 0.1) is 0 Å². The third-order valence-electron chi connectivity index (χ3n) is 3.32. The maximum Gasteiger partial charge on any atom is 0.323 e. The highest BCUT2D eigenvalue weighted by Crippen LogP contribution is 2.10. The molecule has 0 bridgehead atoms. The third kappa shape index (κ3) is 3.87. The fourth-order valence-corrected chi connectivity index (χ4v) is 2.10. The number of carbonyl (C=O) groups excluding carboxylic acids is 1. The maximum atomic E-state index is 12.2. The third-order valence-corrected chi connectivity index (χ3v) is 3.32. The summed E-state index contributed by atoms with van der Waals surface area (Å²) in [6, 6.07) is 0.162. The second-order valence-corrected chi connectivity index (χ2v) is 4.87. The average Bonchev–Trinajstić information content (AvgIpc) is 2.31. The van der Waals surface area contributed by atoms with Gasteiger partial charge in [0.2, 0.25) is 0 Å². The SMILES string of the molecule is CCCN(CC(=O)O)C(=O)N1CCN(C)C(C)C1. The molecular formula is C12H23N3O3. The van der Waals surface area contributed by atoms with E-state index in [1.165, 1.54) is 4.90 Å². The lowest BCUT2D eigenvalue weighted by Crippen LogP contribution is -2.56. The van der Waals surface area contributed by atoms with Crippen LogP contribution < -0.4 is 0 Å². The largest absolute Gasteiger partial charge is 0.480 e. The van der Waals surface area contributed by atoms with Gasteiger partial charge in [-0.25, -0.2) is 4.79 Å². The zero-order chi connectivity index (χ0) is 13.7. The van der Waals surface area contributed by atoms with Crippen LogP contribution >= 0.6 is 0 Å². The zero-order valence-electron chi connectivity index (χ0n) is 11.4. The molecule has 1 aliphatic heterocycles. The molecule has 1 unspecified atom stereocenters. The molecule has 0 radical (unpaired) electrons. The molecule has 0 aromatic carbocycles. The lowest BCUT2D eigenvalue weighted by Gasteiger charge is -2.39. The minimum Gasteiger partial charge on any atom is -0.480 e. The van der Waals surface area contributed by atoms with Crippen LogP contribution in [0.25, 0.3) is 0 Å². The highest BCUT2D eigenvalue weighted by Gasteiger charge is 2.28. The molecular weight excluding hydrogens is 234 g/mol. The number of rotatable bonds is 4. The molecule has 18 heavy (non-hydrogen) atoms. The molecule has 1 heterocycles. The molecule has 1 rings (SSSR count). The summed E-state index contributed by atoms with van der Waals surface area (Å²) in [5, 5.41) is 8.83. The van der Waals surface area contributed by atoms with Gasteiger partial charge in [0.25, 0.3) is 0 Å². The number of carboxylic acid groups (broad SMARTS) is 1. The van der Waals surface area contributed by atoms with Crippen molar-refractivity contribution >= 4 is 12.0 Å². The number of piperazine rings is 1. The average molecular weight is 257 g/mol. The Kier molecular flexibility index (Phi) is 5.40. The summed E-state index contributed by atoms with van der Waals surface area (Å²) in [6.45, 7) is 6.45. The van der Waals surface area contributed by atoms with E-state index in [4.69, 9.17) is 5.11 Å². The predicted molar refractivity (Wildman–Crippen MR) is 68.6 cm³/mol. The Balaban J connectivity index is 2.62. The highest BCUT2D eigenvalue weighted by atomic mass is 16.4. The van der Waals surface area contributed by atoms with Crippen molar-refractivity contribution in [2.75, 3.05) is 39.8 Å². The van der Waals surface area contributed by atoms with Gasteiger partial charge < -0.3 is 19.8 Å². The van der Waals surface area contributed by atoms with Gasteiger partial charge in [0, 0.05) is 32.2 Å². The molecule has 1 fully saturated rings. The first kappa shape index (κ1) is 14.8. The number of hydrogen-bond donors (Lipinski definition) is 1. The first-order chi connectivity index (χ1) is 8.45. The Morgan fingerprint density at radius 3 is 2.56 bits per heavy atom. The molecule has 0 spiro atoms. The maximum absolute atomic E-state index is 12.2. The van der Waals surface area contributed by atoms with Crippen molar-refractivity contribution in [3.05, 3.63) is 0 Å². The molecule has 0 aromatic rings. The number of amides is 2. The number of carbonyl (C=O) groups is 2. The lowest BCUT2D eigenvalue weighted by atomic mass is 10.2. The monoisotopic (exact) mass is 257 g/mol. The van der Waals surface area contributed by atoms with Gasteiger partial charge in [-0.2, -0.15) is 0 Å². The second-order valence-electron chi connectivity index (χ2n) is 4.87. The summed E-state index contributed by atoms with van der Waals surface area (Å²) in [5.41, 5.74) is 0. The van der Waals surface area contributed by atoms with E-state index in [2.05, 4.69) is 11.8 Å². The molecule has 6 nitrogen and oxygen atoms in total. The molecule has 0 aliphatic carbocycles. The van der Waals surface area contributed by atoms with Crippen LogP contribution in [0.15, 0.2) is 0 Å². The summed E-state index contributed by atoms with van der Waals surface area (Å²) in [6.07, 6.45) is 0.766. The van der Waals surface area contributed by atoms with E-state index in [0.717, 1.165) is 13.0 Å². The van der Waals surface area contributed by atoms with Crippen LogP contribution in [0.5, 0.6) is 0 Å². The van der Waals surface area contributed by atoms with Gasteiger partial charge in [0.1, 0.15) is 6.54 Å². The van der Waals surface area contributed by atoms with Crippen molar-refractivity contribution in [2.24, 2.45) is 0 Å². The van der Waals surface area contributed by atoms with Gasteiger partial charge >= 0.3 is 12.0 Å². The standard InChI is InChI=1S/C12H23N3O3/c1-4-5-14(9-11(16)17)12(18)15-7-6-13(3)10(2)8-15/h10H,4-9H2,1-3H3,(H,16,17). The van der Waals surface area contributed by atoms with E-state index in [9.17, 15) is 9.59 Å². The number of aliphatic carboxylic acids is 1. The summed E-state index contributed by atoms with van der Waals surface area (Å²) in [5.74, 6) is -0.959. The number of carboxylic acids is 1. The Morgan fingerprint density at radius 1 is 1.39 bits per heavy atom. The Morgan fingerprint density at radius 2 is 2.06 bits per heavy atom. The van der Waals surface area contributed by atoms with Crippen LogP contribution in [0.2, 0.25) is 0 Å². The number of likely N-dealkylation sites (N-methyl/N-ethyl adjacent to an activating group) is 1. The van der Waals surface area contributed by atoms with Gasteiger partial charge in [-0.15, -0.1) is 0 Å². The van der Waals surface area contributed by atoms with Gasteiger partial charge in [-0.1, -0.05) is 6.92 Å². The molecule has 1 atom stereocenters. The van der Waals surface area contributed by atoms with E-state index in [1.54, 1.807) is 4.90 Å². The van der Waals surface area contributed by atoms with Crippen LogP contribution in [-0.4, -0.2) is 77.6 Å². The van der Waals surface area contributed by atoms with Crippen molar-refractivity contribution in [2.45, 2.75) is 26.3 Å².